The molecule has 0 aromatic carbocycles. The molecule has 48 valence electrons. The van der Waals surface area contributed by atoms with E-state index >= 15 is 0 Å². The molecule has 0 saturated heterocycles. The maximum atomic E-state index is 3.98. The predicted molar refractivity (Wildman–Crippen MR) is 37.6 cm³/mol. The van der Waals surface area contributed by atoms with Crippen molar-refractivity contribution in [2.45, 2.75) is 13.8 Å². The fraction of sp³-hybridized carbons (Fsp3) is 0.833. The summed E-state index contributed by atoms with van der Waals surface area (Å²) in [5.74, 6) is 0. The molecule has 0 aliphatic carbocycles. The second-order valence-corrected chi connectivity index (χ2v) is 1.74. The van der Waals surface area contributed by atoms with E-state index in [-0.39, 0.29) is 0 Å². The Hall–Kier alpha value is -0.370. The average Bonchev–Trinajstić information content (AvgIpc) is 1.83. The van der Waals surface area contributed by atoms with Gasteiger partial charge in [-0.05, 0) is 13.5 Å². The molecule has 0 fully saturated rings. The van der Waals surface area contributed by atoms with Crippen LogP contribution in [-0.2, 0) is 0 Å². The zero-order valence-corrected chi connectivity index (χ0v) is 5.86. The normalized spacial score (nSPS) is 12.1. The Morgan fingerprint density at radius 2 is 2.25 bits per heavy atom. The van der Waals surface area contributed by atoms with Gasteiger partial charge in [-0.1, -0.05) is 6.92 Å². The van der Waals surface area contributed by atoms with E-state index in [4.69, 9.17) is 0 Å². The van der Waals surface area contributed by atoms with Gasteiger partial charge in [0.05, 0.1) is 0 Å². The molecule has 0 spiro atoms. The molecule has 8 heavy (non-hydrogen) atoms. The molecule has 0 saturated carbocycles. The van der Waals surface area contributed by atoms with Crippen LogP contribution in [0.3, 0.4) is 0 Å². The Bertz CT molecular complexity index is 76.6. The summed E-state index contributed by atoms with van der Waals surface area (Å²) in [7, 11) is 1.81. The maximum Gasteiger partial charge on any atom is 0.0332 e. The van der Waals surface area contributed by atoms with Crippen molar-refractivity contribution in [1.82, 2.24) is 5.32 Å². The predicted octanol–water partition coefficient (Wildman–Crippen LogP) is 0.687. The summed E-state index contributed by atoms with van der Waals surface area (Å²) < 4.78 is 0. The van der Waals surface area contributed by atoms with Crippen molar-refractivity contribution in [3.05, 3.63) is 0 Å². The van der Waals surface area contributed by atoms with Gasteiger partial charge in [-0.2, -0.15) is 0 Å². The Morgan fingerprint density at radius 3 is 2.62 bits per heavy atom. The second-order valence-electron chi connectivity index (χ2n) is 1.74. The molecule has 0 amide bonds. The first-order valence-corrected chi connectivity index (χ1v) is 2.94. The molecule has 2 heteroatoms. The summed E-state index contributed by atoms with van der Waals surface area (Å²) >= 11 is 0. The number of nitrogens with one attached hydrogen (secondary N) is 1. The standard InChI is InChI=1S/C6H14N2/c1-4-8-5-6(2)7-3/h8H,4-5H2,1-3H3. The Balaban J connectivity index is 3.12. The molecular weight excluding hydrogens is 100 g/mol. The van der Waals surface area contributed by atoms with Crippen molar-refractivity contribution in [2.75, 3.05) is 20.1 Å². The lowest BCUT2D eigenvalue weighted by Crippen LogP contribution is -2.20. The van der Waals surface area contributed by atoms with E-state index in [2.05, 4.69) is 17.2 Å². The molecule has 0 aromatic heterocycles. The highest BCUT2D eigenvalue weighted by Gasteiger charge is 1.83. The van der Waals surface area contributed by atoms with E-state index in [1.54, 1.807) is 0 Å². The lowest BCUT2D eigenvalue weighted by molar-refractivity contribution is 0.815. The fourth-order valence-corrected chi connectivity index (χ4v) is 0.385. The van der Waals surface area contributed by atoms with Crippen LogP contribution in [0.25, 0.3) is 0 Å². The molecule has 2 nitrogen and oxygen atoms in total. The van der Waals surface area contributed by atoms with Crippen molar-refractivity contribution in [2.24, 2.45) is 4.99 Å². The number of aliphatic imine (C=N–C) groups is 1. The van der Waals surface area contributed by atoms with Gasteiger partial charge in [-0.15, -0.1) is 0 Å². The van der Waals surface area contributed by atoms with Crippen LogP contribution in [0.4, 0.5) is 0 Å². The molecule has 0 aliphatic heterocycles. The monoisotopic (exact) mass is 114 g/mol. The maximum absolute atomic E-state index is 3.98. The van der Waals surface area contributed by atoms with Gasteiger partial charge >= 0.3 is 0 Å². The zero-order valence-electron chi connectivity index (χ0n) is 5.86. The quantitative estimate of drug-likeness (QED) is 0.536. The molecule has 0 radical (unpaired) electrons. The van der Waals surface area contributed by atoms with Gasteiger partial charge in [0.15, 0.2) is 0 Å². The number of nitrogens with zero attached hydrogens (tertiary/aromatic N) is 1. The molecule has 0 aromatic rings. The molecule has 0 heterocycles. The van der Waals surface area contributed by atoms with Crippen LogP contribution in [0.15, 0.2) is 4.99 Å². The van der Waals surface area contributed by atoms with E-state index < -0.39 is 0 Å². The highest BCUT2D eigenvalue weighted by Crippen LogP contribution is 1.69. The van der Waals surface area contributed by atoms with Gasteiger partial charge in [0, 0.05) is 19.3 Å². The van der Waals surface area contributed by atoms with Crippen LogP contribution in [0, 0.1) is 0 Å². The summed E-state index contributed by atoms with van der Waals surface area (Å²) in [5, 5.41) is 3.17. The summed E-state index contributed by atoms with van der Waals surface area (Å²) in [4.78, 5) is 3.98. The largest absolute Gasteiger partial charge is 0.312 e. The molecule has 0 bridgehead atoms. The minimum Gasteiger partial charge on any atom is -0.312 e. The zero-order chi connectivity index (χ0) is 6.41. The van der Waals surface area contributed by atoms with Crippen molar-refractivity contribution < 1.29 is 0 Å². The van der Waals surface area contributed by atoms with Crippen LogP contribution >= 0.6 is 0 Å². The molecule has 0 aliphatic rings. The van der Waals surface area contributed by atoms with Crippen molar-refractivity contribution in [1.29, 1.82) is 0 Å². The molecule has 0 unspecified atom stereocenters. The Kier molecular flexibility index (Phi) is 4.56. The van der Waals surface area contributed by atoms with Crippen molar-refractivity contribution >= 4 is 5.71 Å². The third-order valence-corrected chi connectivity index (χ3v) is 1.01. The highest BCUT2D eigenvalue weighted by molar-refractivity contribution is 5.83. The first-order chi connectivity index (χ1) is 3.81. The van der Waals surface area contributed by atoms with Gasteiger partial charge < -0.3 is 5.32 Å². The summed E-state index contributed by atoms with van der Waals surface area (Å²) in [6, 6.07) is 0. The van der Waals surface area contributed by atoms with E-state index in [9.17, 15) is 0 Å². The van der Waals surface area contributed by atoms with E-state index in [1.165, 1.54) is 0 Å². The third kappa shape index (κ3) is 3.81. The van der Waals surface area contributed by atoms with E-state index in [0.29, 0.717) is 0 Å². The van der Waals surface area contributed by atoms with Gasteiger partial charge in [0.1, 0.15) is 0 Å². The second kappa shape index (κ2) is 4.78. The minimum atomic E-state index is 0.924. The first kappa shape index (κ1) is 7.63. The smallest absolute Gasteiger partial charge is 0.0332 e. The van der Waals surface area contributed by atoms with Crippen molar-refractivity contribution in [3.63, 3.8) is 0 Å². The lowest BCUT2D eigenvalue weighted by Gasteiger charge is -1.97. The van der Waals surface area contributed by atoms with E-state index in [1.807, 2.05) is 14.0 Å². The van der Waals surface area contributed by atoms with Crippen LogP contribution in [-0.4, -0.2) is 25.8 Å². The highest BCUT2D eigenvalue weighted by atomic mass is 14.9. The SMILES string of the molecule is CCNCC(C)=NC. The number of hydrogen-bond acceptors (Lipinski definition) is 2. The first-order valence-electron chi connectivity index (χ1n) is 2.94. The van der Waals surface area contributed by atoms with E-state index in [0.717, 1.165) is 18.8 Å². The molecular formula is C6H14N2. The lowest BCUT2D eigenvalue weighted by atomic mass is 10.4. The van der Waals surface area contributed by atoms with Crippen LogP contribution in [0.1, 0.15) is 13.8 Å². The van der Waals surface area contributed by atoms with Crippen LogP contribution in [0.5, 0.6) is 0 Å². The number of hydrogen-bond donors (Lipinski definition) is 1. The summed E-state index contributed by atoms with van der Waals surface area (Å²) in [5.41, 5.74) is 1.16. The minimum absolute atomic E-state index is 0.924. The Morgan fingerprint density at radius 1 is 1.62 bits per heavy atom. The van der Waals surface area contributed by atoms with Crippen LogP contribution in [0.2, 0.25) is 0 Å². The van der Waals surface area contributed by atoms with Gasteiger partial charge in [-0.3, -0.25) is 4.99 Å². The summed E-state index contributed by atoms with van der Waals surface area (Å²) in [6.45, 7) is 6.05. The van der Waals surface area contributed by atoms with Gasteiger partial charge in [-0.25, -0.2) is 0 Å². The Labute approximate surface area is 51.0 Å². The van der Waals surface area contributed by atoms with Gasteiger partial charge in [0.2, 0.25) is 0 Å². The molecule has 0 atom stereocenters. The molecule has 0 rings (SSSR count). The summed E-state index contributed by atoms with van der Waals surface area (Å²) in [6.07, 6.45) is 0. The topological polar surface area (TPSA) is 24.4 Å². The van der Waals surface area contributed by atoms with Gasteiger partial charge in [0.25, 0.3) is 0 Å². The average molecular weight is 114 g/mol. The molecule has 1 N–H and O–H groups in total. The van der Waals surface area contributed by atoms with Crippen LogP contribution < -0.4 is 5.32 Å². The fourth-order valence-electron chi connectivity index (χ4n) is 0.385. The number of rotatable bonds is 3. The third-order valence-electron chi connectivity index (χ3n) is 1.01. The van der Waals surface area contributed by atoms with Crippen molar-refractivity contribution in [3.8, 4) is 0 Å².